The van der Waals surface area contributed by atoms with Crippen molar-refractivity contribution in [2.24, 2.45) is 0 Å². The van der Waals surface area contributed by atoms with E-state index in [0.29, 0.717) is 17.0 Å². The van der Waals surface area contributed by atoms with Gasteiger partial charge in [-0.3, -0.25) is 4.72 Å². The molecule has 4 rings (SSSR count). The number of anilines is 3. The van der Waals surface area contributed by atoms with E-state index < -0.39 is 21.8 Å². The van der Waals surface area contributed by atoms with Gasteiger partial charge in [-0.15, -0.1) is 0 Å². The van der Waals surface area contributed by atoms with Crippen molar-refractivity contribution in [3.8, 4) is 5.88 Å². The van der Waals surface area contributed by atoms with Crippen molar-refractivity contribution in [3.05, 3.63) is 83.7 Å². The van der Waals surface area contributed by atoms with Crippen LogP contribution in [0.4, 0.5) is 30.6 Å². The minimum absolute atomic E-state index is 0.0123. The van der Waals surface area contributed by atoms with E-state index >= 15 is 0 Å². The van der Waals surface area contributed by atoms with Crippen LogP contribution in [0.5, 0.6) is 5.88 Å². The molecule has 0 saturated carbocycles. The van der Waals surface area contributed by atoms with Crippen LogP contribution < -0.4 is 14.8 Å². The van der Waals surface area contributed by atoms with Crippen molar-refractivity contribution >= 4 is 27.5 Å². The number of nitrogens with zero attached hydrogens (tertiary/aromatic N) is 3. The molecular formula is C22H18F3N5O4S. The van der Waals surface area contributed by atoms with E-state index in [0.717, 1.165) is 12.1 Å². The fourth-order valence-corrected chi connectivity index (χ4v) is 3.87. The molecule has 2 N–H and O–H groups in total. The molecule has 0 radical (unpaired) electrons. The molecule has 0 spiro atoms. The summed E-state index contributed by atoms with van der Waals surface area (Å²) in [7, 11) is -3.85. The van der Waals surface area contributed by atoms with Gasteiger partial charge in [0.05, 0.1) is 10.5 Å². The highest BCUT2D eigenvalue weighted by atomic mass is 32.2. The van der Waals surface area contributed by atoms with Crippen molar-refractivity contribution < 1.29 is 30.8 Å². The summed E-state index contributed by atoms with van der Waals surface area (Å²) in [5, 5.41) is 6.53. The molecule has 0 fully saturated rings. The van der Waals surface area contributed by atoms with Crippen molar-refractivity contribution in [1.29, 1.82) is 0 Å². The van der Waals surface area contributed by atoms with Crippen LogP contribution in [-0.2, 0) is 22.8 Å². The standard InChI is InChI=1S/C22H18F3N5O4S/c1-14-12-19(29-34-14)30-35(31,32)18-8-6-17(7-9-18)27-21-26-11-10-20(28-21)33-13-15-2-4-16(5-3-15)22(23,24)25/h2-12H,13H2,1H3,(H,29,30)(H,26,27,28). The minimum Gasteiger partial charge on any atom is -0.473 e. The number of hydrogen-bond acceptors (Lipinski definition) is 8. The van der Waals surface area contributed by atoms with Crippen LogP contribution in [0.3, 0.4) is 0 Å². The fraction of sp³-hybridized carbons (Fsp3) is 0.136. The molecular weight excluding hydrogens is 487 g/mol. The zero-order chi connectivity index (χ0) is 25.1. The SMILES string of the molecule is Cc1cc(NS(=O)(=O)c2ccc(Nc3nccc(OCc4ccc(C(F)(F)F)cc4)n3)cc2)no1. The molecule has 35 heavy (non-hydrogen) atoms. The van der Waals surface area contributed by atoms with Crippen LogP contribution in [0.2, 0.25) is 0 Å². The lowest BCUT2D eigenvalue weighted by Gasteiger charge is -2.10. The Morgan fingerprint density at radius 1 is 1.03 bits per heavy atom. The Morgan fingerprint density at radius 3 is 2.37 bits per heavy atom. The second-order valence-corrected chi connectivity index (χ2v) is 8.96. The first kappa shape index (κ1) is 24.0. The van der Waals surface area contributed by atoms with Crippen LogP contribution in [0.15, 0.2) is 76.3 Å². The highest BCUT2D eigenvalue weighted by molar-refractivity contribution is 7.92. The summed E-state index contributed by atoms with van der Waals surface area (Å²) in [6.07, 6.45) is -2.96. The number of alkyl halides is 3. The molecule has 4 aromatic rings. The molecule has 0 aliphatic heterocycles. The van der Waals surface area contributed by atoms with Crippen molar-refractivity contribution in [2.75, 3.05) is 10.0 Å². The lowest BCUT2D eigenvalue weighted by molar-refractivity contribution is -0.137. The summed E-state index contributed by atoms with van der Waals surface area (Å²) < 4.78 is 75.7. The van der Waals surface area contributed by atoms with Gasteiger partial charge in [-0.1, -0.05) is 17.3 Å². The van der Waals surface area contributed by atoms with E-state index in [2.05, 4.69) is 25.2 Å². The molecule has 182 valence electrons. The number of benzene rings is 2. The summed E-state index contributed by atoms with van der Waals surface area (Å²) in [6.45, 7) is 1.65. The summed E-state index contributed by atoms with van der Waals surface area (Å²) in [5.41, 5.74) is 0.316. The van der Waals surface area contributed by atoms with E-state index in [-0.39, 0.29) is 29.1 Å². The van der Waals surface area contributed by atoms with Gasteiger partial charge in [0.25, 0.3) is 10.0 Å². The first-order valence-corrected chi connectivity index (χ1v) is 11.5. The van der Waals surface area contributed by atoms with E-state index in [1.54, 1.807) is 6.92 Å². The maximum Gasteiger partial charge on any atom is 0.416 e. The zero-order valence-corrected chi connectivity index (χ0v) is 18.9. The molecule has 9 nitrogen and oxygen atoms in total. The number of sulfonamides is 1. The Bertz CT molecular complexity index is 1410. The largest absolute Gasteiger partial charge is 0.473 e. The predicted octanol–water partition coefficient (Wildman–Crippen LogP) is 4.92. The van der Waals surface area contributed by atoms with Crippen molar-refractivity contribution in [2.45, 2.75) is 24.6 Å². The Kier molecular flexibility index (Phi) is 6.60. The molecule has 2 aromatic heterocycles. The topological polar surface area (TPSA) is 119 Å². The van der Waals surface area contributed by atoms with Crippen LogP contribution in [0.1, 0.15) is 16.9 Å². The Hall–Kier alpha value is -4.13. The molecule has 0 aliphatic rings. The molecule has 0 atom stereocenters. The highest BCUT2D eigenvalue weighted by Gasteiger charge is 2.29. The van der Waals surface area contributed by atoms with E-state index in [4.69, 9.17) is 9.26 Å². The number of halogens is 3. The molecule has 13 heteroatoms. The normalized spacial score (nSPS) is 11.8. The highest BCUT2D eigenvalue weighted by Crippen LogP contribution is 2.29. The maximum absolute atomic E-state index is 12.7. The number of aryl methyl sites for hydroxylation is 1. The van der Waals surface area contributed by atoms with Gasteiger partial charge < -0.3 is 14.6 Å². The van der Waals surface area contributed by atoms with Gasteiger partial charge in [-0.2, -0.15) is 18.2 Å². The summed E-state index contributed by atoms with van der Waals surface area (Å²) in [4.78, 5) is 8.29. The molecule has 0 aliphatic carbocycles. The number of nitrogens with one attached hydrogen (secondary N) is 2. The van der Waals surface area contributed by atoms with E-state index in [9.17, 15) is 21.6 Å². The first-order valence-electron chi connectivity index (χ1n) is 10.0. The number of hydrogen-bond donors (Lipinski definition) is 2. The molecule has 0 unspecified atom stereocenters. The van der Waals surface area contributed by atoms with Gasteiger partial charge in [-0.25, -0.2) is 13.4 Å². The van der Waals surface area contributed by atoms with Gasteiger partial charge in [0.1, 0.15) is 12.4 Å². The average molecular weight is 505 g/mol. The van der Waals surface area contributed by atoms with Crippen molar-refractivity contribution in [1.82, 2.24) is 15.1 Å². The predicted molar refractivity (Wildman–Crippen MR) is 120 cm³/mol. The molecule has 2 heterocycles. The van der Waals surface area contributed by atoms with Gasteiger partial charge in [-0.05, 0) is 48.9 Å². The van der Waals surface area contributed by atoms with Crippen molar-refractivity contribution in [3.63, 3.8) is 0 Å². The van der Waals surface area contributed by atoms with E-state index in [1.165, 1.54) is 54.7 Å². The van der Waals surface area contributed by atoms with Crippen LogP contribution >= 0.6 is 0 Å². The molecule has 2 aromatic carbocycles. The second kappa shape index (κ2) is 9.62. The Labute approximate surface area is 198 Å². The molecule has 0 saturated heterocycles. The summed E-state index contributed by atoms with van der Waals surface area (Å²) in [6, 6.07) is 13.4. The lowest BCUT2D eigenvalue weighted by atomic mass is 10.1. The van der Waals surface area contributed by atoms with Gasteiger partial charge >= 0.3 is 6.18 Å². The van der Waals surface area contributed by atoms with Gasteiger partial charge in [0.2, 0.25) is 11.8 Å². The van der Waals surface area contributed by atoms with Gasteiger partial charge in [0.15, 0.2) is 5.82 Å². The number of ether oxygens (including phenoxy) is 1. The summed E-state index contributed by atoms with van der Waals surface area (Å²) >= 11 is 0. The van der Waals surface area contributed by atoms with Crippen LogP contribution in [-0.4, -0.2) is 23.5 Å². The molecule has 0 bridgehead atoms. The quantitative estimate of drug-likeness (QED) is 0.347. The third-order valence-electron chi connectivity index (χ3n) is 4.59. The Balaban J connectivity index is 1.37. The fourth-order valence-electron chi connectivity index (χ4n) is 2.89. The van der Waals surface area contributed by atoms with Gasteiger partial charge in [0, 0.05) is 24.0 Å². The van der Waals surface area contributed by atoms with E-state index in [1.807, 2.05) is 0 Å². The van der Waals surface area contributed by atoms with Crippen LogP contribution in [0, 0.1) is 6.92 Å². The maximum atomic E-state index is 12.7. The lowest BCUT2D eigenvalue weighted by Crippen LogP contribution is -2.13. The average Bonchev–Trinajstić information content (AvgIpc) is 3.22. The molecule has 0 amide bonds. The number of aromatic nitrogens is 3. The smallest absolute Gasteiger partial charge is 0.416 e. The van der Waals surface area contributed by atoms with Crippen LogP contribution in [0.25, 0.3) is 0 Å². The zero-order valence-electron chi connectivity index (χ0n) is 18.1. The second-order valence-electron chi connectivity index (χ2n) is 7.28. The number of rotatable bonds is 8. The first-order chi connectivity index (χ1) is 16.6. The third-order valence-corrected chi connectivity index (χ3v) is 5.96. The third kappa shape index (κ3) is 6.26. The monoisotopic (exact) mass is 505 g/mol. The summed E-state index contributed by atoms with van der Waals surface area (Å²) in [5.74, 6) is 0.925. The minimum atomic E-state index is -4.40. The Morgan fingerprint density at radius 2 is 1.74 bits per heavy atom.